The number of benzene rings is 2. The Morgan fingerprint density at radius 2 is 1.88 bits per heavy atom. The van der Waals surface area contributed by atoms with E-state index in [-0.39, 0.29) is 6.04 Å². The van der Waals surface area contributed by atoms with Crippen LogP contribution in [-0.4, -0.2) is 12.2 Å². The molecule has 128 valence electrons. The van der Waals surface area contributed by atoms with E-state index in [1.807, 2.05) is 30.3 Å². The van der Waals surface area contributed by atoms with Gasteiger partial charge in [-0.25, -0.2) is 0 Å². The van der Waals surface area contributed by atoms with Gasteiger partial charge in [-0.05, 0) is 48.3 Å². The number of nitrogens with one attached hydrogen (secondary N) is 2. The van der Waals surface area contributed by atoms with Crippen LogP contribution >= 0.6 is 23.8 Å². The van der Waals surface area contributed by atoms with Gasteiger partial charge in [0.15, 0.2) is 5.11 Å². The van der Waals surface area contributed by atoms with E-state index in [1.165, 1.54) is 5.56 Å². The quantitative estimate of drug-likeness (QED) is 0.672. The van der Waals surface area contributed by atoms with E-state index in [4.69, 9.17) is 28.6 Å². The second kappa shape index (κ2) is 8.90. The Bertz CT molecular complexity index is 676. The number of thiocarbonyl (C=S) groups is 1. The zero-order valence-corrected chi connectivity index (χ0v) is 15.7. The Kier molecular flexibility index (Phi) is 6.88. The number of hydrogen-bond donors (Lipinski definition) is 2. The predicted molar refractivity (Wildman–Crippen MR) is 106 cm³/mol. The van der Waals surface area contributed by atoms with Crippen molar-refractivity contribution in [3.63, 3.8) is 0 Å². The van der Waals surface area contributed by atoms with Gasteiger partial charge in [0.05, 0.1) is 18.2 Å². The smallest absolute Gasteiger partial charge is 0.171 e. The van der Waals surface area contributed by atoms with Gasteiger partial charge < -0.3 is 15.4 Å². The van der Waals surface area contributed by atoms with Gasteiger partial charge in [-0.2, -0.15) is 0 Å². The Balaban J connectivity index is 2.06. The lowest BCUT2D eigenvalue weighted by atomic mass is 9.97. The molecule has 0 saturated carbocycles. The average Bonchev–Trinajstić information content (AvgIpc) is 2.55. The number of ether oxygens (including phenoxy) is 1. The topological polar surface area (TPSA) is 33.3 Å². The summed E-state index contributed by atoms with van der Waals surface area (Å²) in [5.41, 5.74) is 2.05. The molecule has 0 aromatic heterocycles. The minimum atomic E-state index is 0.167. The average molecular weight is 363 g/mol. The maximum atomic E-state index is 6.15. The highest BCUT2D eigenvalue weighted by atomic mass is 35.5. The highest BCUT2D eigenvalue weighted by molar-refractivity contribution is 7.80. The summed E-state index contributed by atoms with van der Waals surface area (Å²) >= 11 is 11.6. The number of halogens is 1. The van der Waals surface area contributed by atoms with E-state index in [0.29, 0.717) is 21.8 Å². The molecule has 0 saturated heterocycles. The molecule has 0 radical (unpaired) electrons. The van der Waals surface area contributed by atoms with Gasteiger partial charge in [0.25, 0.3) is 0 Å². The molecule has 0 unspecified atom stereocenters. The number of rotatable bonds is 6. The molecule has 2 rings (SSSR count). The van der Waals surface area contributed by atoms with Crippen molar-refractivity contribution in [3.05, 3.63) is 59.1 Å². The molecule has 2 aromatic carbocycles. The van der Waals surface area contributed by atoms with Crippen molar-refractivity contribution in [1.29, 1.82) is 0 Å². The zero-order chi connectivity index (χ0) is 17.5. The molecule has 0 aliphatic heterocycles. The monoisotopic (exact) mass is 362 g/mol. The van der Waals surface area contributed by atoms with Crippen molar-refractivity contribution in [1.82, 2.24) is 5.32 Å². The molecule has 2 aromatic rings. The number of hydrogen-bond acceptors (Lipinski definition) is 2. The van der Waals surface area contributed by atoms with Crippen molar-refractivity contribution in [2.45, 2.75) is 26.3 Å². The lowest BCUT2D eigenvalue weighted by Crippen LogP contribution is -2.33. The molecule has 0 bridgehead atoms. The summed E-state index contributed by atoms with van der Waals surface area (Å²) in [5, 5.41) is 7.72. The summed E-state index contributed by atoms with van der Waals surface area (Å²) in [6.45, 7) is 4.41. The summed E-state index contributed by atoms with van der Waals surface area (Å²) in [7, 11) is 1.59. The van der Waals surface area contributed by atoms with Crippen molar-refractivity contribution >= 4 is 34.6 Å². The summed E-state index contributed by atoms with van der Waals surface area (Å²) < 4.78 is 5.16. The van der Waals surface area contributed by atoms with Crippen LogP contribution < -0.4 is 15.4 Å². The summed E-state index contributed by atoms with van der Waals surface area (Å²) in [6.07, 6.45) is 0.995. The maximum absolute atomic E-state index is 6.15. The van der Waals surface area contributed by atoms with Crippen LogP contribution in [0.3, 0.4) is 0 Å². The Hall–Kier alpha value is -1.78. The third-order valence-corrected chi connectivity index (χ3v) is 4.14. The van der Waals surface area contributed by atoms with Crippen LogP contribution in [-0.2, 0) is 0 Å². The Morgan fingerprint density at radius 3 is 2.46 bits per heavy atom. The third kappa shape index (κ3) is 5.39. The first-order chi connectivity index (χ1) is 11.5. The minimum absolute atomic E-state index is 0.167. The van der Waals surface area contributed by atoms with E-state index in [2.05, 4.69) is 36.6 Å². The van der Waals surface area contributed by atoms with E-state index in [0.717, 1.165) is 12.1 Å². The lowest BCUT2D eigenvalue weighted by Gasteiger charge is -2.23. The molecule has 0 fully saturated rings. The van der Waals surface area contributed by atoms with Gasteiger partial charge in [-0.3, -0.25) is 0 Å². The molecular formula is C19H23ClN2OS. The number of anilines is 1. The zero-order valence-electron chi connectivity index (χ0n) is 14.2. The van der Waals surface area contributed by atoms with Crippen LogP contribution in [0.25, 0.3) is 0 Å². The molecule has 0 aliphatic carbocycles. The molecule has 1 atom stereocenters. The molecule has 0 spiro atoms. The minimum Gasteiger partial charge on any atom is -0.495 e. The van der Waals surface area contributed by atoms with Gasteiger partial charge >= 0.3 is 0 Å². The Morgan fingerprint density at radius 1 is 1.17 bits per heavy atom. The van der Waals surface area contributed by atoms with Crippen LogP contribution in [0, 0.1) is 5.92 Å². The van der Waals surface area contributed by atoms with Crippen LogP contribution in [0.4, 0.5) is 5.69 Å². The van der Waals surface area contributed by atoms with Crippen molar-refractivity contribution in [3.8, 4) is 5.75 Å². The molecule has 0 heterocycles. The molecule has 2 N–H and O–H groups in total. The molecule has 24 heavy (non-hydrogen) atoms. The first-order valence-corrected chi connectivity index (χ1v) is 8.74. The highest BCUT2D eigenvalue weighted by Crippen LogP contribution is 2.27. The lowest BCUT2D eigenvalue weighted by molar-refractivity contribution is 0.415. The van der Waals surface area contributed by atoms with Crippen molar-refractivity contribution in [2.24, 2.45) is 5.92 Å². The van der Waals surface area contributed by atoms with Gasteiger partial charge in [0, 0.05) is 5.69 Å². The van der Waals surface area contributed by atoms with Gasteiger partial charge in [0.1, 0.15) is 5.75 Å². The fourth-order valence-electron chi connectivity index (χ4n) is 2.50. The summed E-state index contributed by atoms with van der Waals surface area (Å²) in [6, 6.07) is 16.0. The molecule has 5 heteroatoms. The maximum Gasteiger partial charge on any atom is 0.171 e. The van der Waals surface area contributed by atoms with E-state index in [1.54, 1.807) is 13.2 Å². The van der Waals surface area contributed by atoms with Gasteiger partial charge in [-0.15, -0.1) is 0 Å². The van der Waals surface area contributed by atoms with Crippen LogP contribution in [0.5, 0.6) is 5.75 Å². The molecule has 0 aliphatic rings. The molecule has 0 amide bonds. The molecule has 3 nitrogen and oxygen atoms in total. The normalized spacial score (nSPS) is 11.9. The fourth-order valence-corrected chi connectivity index (χ4v) is 3.02. The van der Waals surface area contributed by atoms with E-state index >= 15 is 0 Å². The summed E-state index contributed by atoms with van der Waals surface area (Å²) in [4.78, 5) is 0. The van der Waals surface area contributed by atoms with Crippen LogP contribution in [0.1, 0.15) is 31.9 Å². The predicted octanol–water partition coefficient (Wildman–Crippen LogP) is 5.42. The van der Waals surface area contributed by atoms with Crippen LogP contribution in [0.2, 0.25) is 5.02 Å². The fraction of sp³-hybridized carbons (Fsp3) is 0.316. The first kappa shape index (κ1) is 18.6. The van der Waals surface area contributed by atoms with Crippen LogP contribution in [0.15, 0.2) is 48.5 Å². The van der Waals surface area contributed by atoms with Gasteiger partial charge in [0.2, 0.25) is 0 Å². The SMILES string of the molecule is COc1ccc(NC(=S)N[C@@H](CC(C)C)c2ccccc2)cc1Cl. The third-order valence-electron chi connectivity index (χ3n) is 3.62. The Labute approximate surface area is 154 Å². The van der Waals surface area contributed by atoms with Crippen molar-refractivity contribution in [2.75, 3.05) is 12.4 Å². The van der Waals surface area contributed by atoms with Crippen molar-refractivity contribution < 1.29 is 4.74 Å². The highest BCUT2D eigenvalue weighted by Gasteiger charge is 2.14. The van der Waals surface area contributed by atoms with E-state index in [9.17, 15) is 0 Å². The van der Waals surface area contributed by atoms with E-state index < -0.39 is 0 Å². The molecular weight excluding hydrogens is 340 g/mol. The van der Waals surface area contributed by atoms with Gasteiger partial charge in [-0.1, -0.05) is 55.8 Å². The second-order valence-corrected chi connectivity index (χ2v) is 6.86. The largest absolute Gasteiger partial charge is 0.495 e. The second-order valence-electron chi connectivity index (χ2n) is 6.04. The first-order valence-electron chi connectivity index (χ1n) is 7.95. The standard InChI is InChI=1S/C19H23ClN2OS/c1-13(2)11-17(14-7-5-4-6-8-14)22-19(24)21-15-9-10-18(23-3)16(20)12-15/h4-10,12-13,17H,11H2,1-3H3,(H2,21,22,24)/t17-/m0/s1. The number of methoxy groups -OCH3 is 1. The summed E-state index contributed by atoms with van der Waals surface area (Å²) in [5.74, 6) is 1.20.